The van der Waals surface area contributed by atoms with Gasteiger partial charge in [-0.05, 0) is 18.2 Å². The molecule has 20 heavy (non-hydrogen) atoms. The van der Waals surface area contributed by atoms with Gasteiger partial charge < -0.3 is 9.97 Å². The molecule has 0 amide bonds. The number of H-pyrrole nitrogens is 2. The van der Waals surface area contributed by atoms with Crippen LogP contribution in [0, 0.1) is 0 Å². The van der Waals surface area contributed by atoms with Crippen LogP contribution in [0.1, 0.15) is 0 Å². The third-order valence-electron chi connectivity index (χ3n) is 3.27. The van der Waals surface area contributed by atoms with E-state index in [1.165, 1.54) is 0 Å². The topological polar surface area (TPSA) is 74.4 Å². The lowest BCUT2D eigenvalue weighted by Gasteiger charge is -1.99. The largest absolute Gasteiger partial charge is 0.349 e. The van der Waals surface area contributed by atoms with Gasteiger partial charge in [0.05, 0.1) is 0 Å². The third-order valence-corrected chi connectivity index (χ3v) is 3.27. The molecule has 0 radical (unpaired) electrons. The van der Waals surface area contributed by atoms with Crippen LogP contribution in [0.2, 0.25) is 0 Å². The molecule has 0 bridgehead atoms. The van der Waals surface area contributed by atoms with Crippen LogP contribution in [0.5, 0.6) is 0 Å². The zero-order valence-corrected chi connectivity index (χ0v) is 10.4. The molecule has 0 saturated carbocycles. The Kier molecular flexibility index (Phi) is 2.20. The van der Waals surface area contributed by atoms with E-state index in [-0.39, 0.29) is 5.56 Å². The number of para-hydroxylation sites is 1. The van der Waals surface area contributed by atoms with Crippen LogP contribution in [-0.4, -0.2) is 19.9 Å². The van der Waals surface area contributed by atoms with Crippen molar-refractivity contribution in [3.05, 3.63) is 59.0 Å². The van der Waals surface area contributed by atoms with Gasteiger partial charge in [0.15, 0.2) is 5.82 Å². The summed E-state index contributed by atoms with van der Waals surface area (Å²) < 4.78 is 0. The number of aromatic nitrogens is 4. The van der Waals surface area contributed by atoms with Gasteiger partial charge in [0.2, 0.25) is 0 Å². The van der Waals surface area contributed by atoms with Crippen LogP contribution in [-0.2, 0) is 0 Å². The average Bonchev–Trinajstić information content (AvgIpc) is 2.88. The minimum absolute atomic E-state index is 0.188. The lowest BCUT2D eigenvalue weighted by molar-refractivity contribution is 1.14. The number of fused-ring (bicyclic) bond motifs is 3. The molecule has 0 fully saturated rings. The SMILES string of the molecule is O=c1[nH]c(-c2ccccn2)nc2c1[nH]c1ccccc12. The van der Waals surface area contributed by atoms with Gasteiger partial charge in [0.25, 0.3) is 5.56 Å². The highest BCUT2D eigenvalue weighted by Gasteiger charge is 2.11. The molecule has 5 nitrogen and oxygen atoms in total. The number of pyridine rings is 1. The molecule has 0 aliphatic rings. The normalized spacial score (nSPS) is 11.2. The summed E-state index contributed by atoms with van der Waals surface area (Å²) in [5, 5.41) is 0.936. The molecule has 3 heterocycles. The van der Waals surface area contributed by atoms with Crippen LogP contribution in [0.15, 0.2) is 53.5 Å². The van der Waals surface area contributed by atoms with E-state index in [9.17, 15) is 4.79 Å². The number of rotatable bonds is 1. The monoisotopic (exact) mass is 262 g/mol. The minimum Gasteiger partial charge on any atom is -0.349 e. The molecule has 0 aliphatic carbocycles. The van der Waals surface area contributed by atoms with Gasteiger partial charge >= 0.3 is 0 Å². The number of aromatic amines is 2. The molecule has 0 saturated heterocycles. The number of nitrogens with one attached hydrogen (secondary N) is 2. The average molecular weight is 262 g/mol. The van der Waals surface area contributed by atoms with Crippen LogP contribution < -0.4 is 5.56 Å². The van der Waals surface area contributed by atoms with Crippen molar-refractivity contribution in [1.29, 1.82) is 0 Å². The van der Waals surface area contributed by atoms with E-state index in [0.29, 0.717) is 22.6 Å². The van der Waals surface area contributed by atoms with E-state index in [0.717, 1.165) is 10.9 Å². The standard InChI is InChI=1S/C15H10N4O/c20-15-13-12(9-5-1-2-6-10(9)17-13)18-14(19-15)11-7-3-4-8-16-11/h1-8,17H,(H,18,19,20). The van der Waals surface area contributed by atoms with E-state index >= 15 is 0 Å². The van der Waals surface area contributed by atoms with Gasteiger partial charge in [-0.25, -0.2) is 4.98 Å². The molecular weight excluding hydrogens is 252 g/mol. The molecule has 96 valence electrons. The first-order chi connectivity index (χ1) is 9.83. The molecule has 3 aromatic heterocycles. The molecule has 2 N–H and O–H groups in total. The summed E-state index contributed by atoms with van der Waals surface area (Å²) in [6.07, 6.45) is 1.68. The smallest absolute Gasteiger partial charge is 0.275 e. The Bertz CT molecular complexity index is 969. The zero-order valence-electron chi connectivity index (χ0n) is 10.4. The summed E-state index contributed by atoms with van der Waals surface area (Å²) in [5.74, 6) is 0.479. The number of hydrogen-bond donors (Lipinski definition) is 2. The molecule has 0 unspecified atom stereocenters. The van der Waals surface area contributed by atoms with Crippen LogP contribution >= 0.6 is 0 Å². The Labute approximate surface area is 113 Å². The highest BCUT2D eigenvalue weighted by atomic mass is 16.1. The van der Waals surface area contributed by atoms with Gasteiger partial charge in [0.1, 0.15) is 16.7 Å². The first-order valence-corrected chi connectivity index (χ1v) is 6.25. The van der Waals surface area contributed by atoms with Crippen molar-refractivity contribution in [2.45, 2.75) is 0 Å². The second kappa shape index (κ2) is 4.03. The Morgan fingerprint density at radius 1 is 0.950 bits per heavy atom. The lowest BCUT2D eigenvalue weighted by atomic mass is 10.2. The van der Waals surface area contributed by atoms with Crippen molar-refractivity contribution in [2.75, 3.05) is 0 Å². The highest BCUT2D eigenvalue weighted by Crippen LogP contribution is 2.22. The Morgan fingerprint density at radius 2 is 1.80 bits per heavy atom. The fourth-order valence-electron chi connectivity index (χ4n) is 2.34. The van der Waals surface area contributed by atoms with Gasteiger partial charge in [-0.15, -0.1) is 0 Å². The van der Waals surface area contributed by atoms with Gasteiger partial charge in [-0.1, -0.05) is 24.3 Å². The molecule has 0 spiro atoms. The summed E-state index contributed by atoms with van der Waals surface area (Å²) in [5.41, 5.74) is 2.53. The van der Waals surface area contributed by atoms with Crippen LogP contribution in [0.3, 0.4) is 0 Å². The maximum atomic E-state index is 12.2. The first-order valence-electron chi connectivity index (χ1n) is 6.25. The minimum atomic E-state index is -0.188. The third kappa shape index (κ3) is 1.53. The second-order valence-electron chi connectivity index (χ2n) is 4.52. The van der Waals surface area contributed by atoms with E-state index in [2.05, 4.69) is 19.9 Å². The predicted octanol–water partition coefficient (Wildman–Crippen LogP) is 2.47. The molecule has 0 aliphatic heterocycles. The van der Waals surface area contributed by atoms with Crippen molar-refractivity contribution in [3.63, 3.8) is 0 Å². The summed E-state index contributed by atoms with van der Waals surface area (Å²) in [4.78, 5) is 26.8. The summed E-state index contributed by atoms with van der Waals surface area (Å²) in [6.45, 7) is 0. The molecule has 5 heteroatoms. The lowest BCUT2D eigenvalue weighted by Crippen LogP contribution is -2.09. The summed E-state index contributed by atoms with van der Waals surface area (Å²) in [7, 11) is 0. The summed E-state index contributed by atoms with van der Waals surface area (Å²) >= 11 is 0. The van der Waals surface area contributed by atoms with Crippen molar-refractivity contribution in [1.82, 2.24) is 19.9 Å². The number of nitrogens with zero attached hydrogens (tertiary/aromatic N) is 2. The summed E-state index contributed by atoms with van der Waals surface area (Å²) in [6, 6.07) is 13.2. The molecule has 4 rings (SSSR count). The van der Waals surface area contributed by atoms with Gasteiger partial charge in [-0.2, -0.15) is 0 Å². The predicted molar refractivity (Wildman–Crippen MR) is 77.5 cm³/mol. The second-order valence-corrected chi connectivity index (χ2v) is 4.52. The fraction of sp³-hybridized carbons (Fsp3) is 0. The Morgan fingerprint density at radius 3 is 2.65 bits per heavy atom. The van der Waals surface area contributed by atoms with E-state index in [4.69, 9.17) is 0 Å². The van der Waals surface area contributed by atoms with Crippen molar-refractivity contribution in [2.24, 2.45) is 0 Å². The van der Waals surface area contributed by atoms with Crippen molar-refractivity contribution >= 4 is 21.9 Å². The van der Waals surface area contributed by atoms with Crippen LogP contribution in [0.25, 0.3) is 33.5 Å². The molecule has 4 aromatic rings. The zero-order chi connectivity index (χ0) is 13.5. The number of benzene rings is 1. The van der Waals surface area contributed by atoms with E-state index < -0.39 is 0 Å². The first kappa shape index (κ1) is 10.9. The fourth-order valence-corrected chi connectivity index (χ4v) is 2.34. The highest BCUT2D eigenvalue weighted by molar-refractivity contribution is 6.04. The van der Waals surface area contributed by atoms with E-state index in [1.54, 1.807) is 6.20 Å². The maximum absolute atomic E-state index is 12.2. The molecule has 0 atom stereocenters. The van der Waals surface area contributed by atoms with E-state index in [1.807, 2.05) is 42.5 Å². The van der Waals surface area contributed by atoms with Gasteiger partial charge in [0, 0.05) is 17.1 Å². The number of hydrogen-bond acceptors (Lipinski definition) is 3. The Hall–Kier alpha value is -2.95. The van der Waals surface area contributed by atoms with Gasteiger partial charge in [-0.3, -0.25) is 9.78 Å². The quantitative estimate of drug-likeness (QED) is 0.553. The van der Waals surface area contributed by atoms with Crippen LogP contribution in [0.4, 0.5) is 0 Å². The Balaban J connectivity index is 2.11. The van der Waals surface area contributed by atoms with Crippen molar-refractivity contribution in [3.8, 4) is 11.5 Å². The molecule has 1 aromatic carbocycles. The molecular formula is C15H10N4O. The maximum Gasteiger partial charge on any atom is 0.275 e. The van der Waals surface area contributed by atoms with Crippen molar-refractivity contribution < 1.29 is 0 Å².